The summed E-state index contributed by atoms with van der Waals surface area (Å²) in [5.41, 5.74) is -5.08. The molecule has 11 heteroatoms. The summed E-state index contributed by atoms with van der Waals surface area (Å²) < 4.78 is 33.9. The molecule has 31 heavy (non-hydrogen) atoms. The van der Waals surface area contributed by atoms with E-state index in [1.54, 1.807) is 27.7 Å². The maximum atomic E-state index is 12.8. The maximum absolute atomic E-state index is 12.8. The molecule has 2 N–H and O–H groups in total. The summed E-state index contributed by atoms with van der Waals surface area (Å²) >= 11 is 0. The average Bonchev–Trinajstić information content (AvgIpc) is 2.98. The van der Waals surface area contributed by atoms with Crippen molar-refractivity contribution in [1.82, 2.24) is 0 Å². The third-order valence-corrected chi connectivity index (χ3v) is 9.02. The van der Waals surface area contributed by atoms with E-state index in [1.807, 2.05) is 0 Å². The first kappa shape index (κ1) is 25.1. The number of hydrogen-bond donors (Lipinski definition) is 2. The highest BCUT2D eigenvalue weighted by Crippen LogP contribution is 2.58. The predicted molar refractivity (Wildman–Crippen MR) is 106 cm³/mol. The number of carboxylic acid groups (broad SMARTS) is 2. The summed E-state index contributed by atoms with van der Waals surface area (Å²) in [5.74, 6) is -6.34. The quantitative estimate of drug-likeness (QED) is 0.599. The molecule has 10 nitrogen and oxygen atoms in total. The van der Waals surface area contributed by atoms with Crippen LogP contribution in [0.4, 0.5) is 0 Å². The Balaban J connectivity index is 2.21. The van der Waals surface area contributed by atoms with E-state index in [0.717, 1.165) is 0 Å². The Kier molecular flexibility index (Phi) is 6.04. The first-order valence-corrected chi connectivity index (χ1v) is 11.4. The van der Waals surface area contributed by atoms with Crippen LogP contribution in [-0.2, 0) is 37.9 Å². The second kappa shape index (κ2) is 7.46. The maximum Gasteiger partial charge on any atom is 0.506 e. The van der Waals surface area contributed by atoms with Crippen molar-refractivity contribution in [3.8, 4) is 0 Å². The van der Waals surface area contributed by atoms with Crippen molar-refractivity contribution in [2.45, 2.75) is 67.2 Å². The first-order chi connectivity index (χ1) is 13.8. The fraction of sp³-hybridized carbons (Fsp3) is 0.800. The zero-order chi connectivity index (χ0) is 24.2. The molecule has 0 aromatic carbocycles. The summed E-state index contributed by atoms with van der Waals surface area (Å²) in [7, 11) is -5.10. The standard InChI is InChI=1S/C20H30O10S/c1-17(2)11(13(21)22)7-9-19(17,5)15(25)29-31(27,28)30-16(26)20(6)10-8-12(14(23)24)18(20,3)4/h11-12H,7-10H2,1-6H3,(H,21,22)(H,23,24)/t11-,12-,19+,20+/m0/s1. The topological polar surface area (TPSA) is 161 Å². The summed E-state index contributed by atoms with van der Waals surface area (Å²) in [6, 6.07) is 0. The molecule has 2 aliphatic carbocycles. The van der Waals surface area contributed by atoms with E-state index < -0.39 is 67.8 Å². The van der Waals surface area contributed by atoms with Gasteiger partial charge in [0.25, 0.3) is 0 Å². The van der Waals surface area contributed by atoms with E-state index in [9.17, 15) is 37.8 Å². The Labute approximate surface area is 181 Å². The van der Waals surface area contributed by atoms with Crippen LogP contribution >= 0.6 is 0 Å². The molecule has 0 unspecified atom stereocenters. The number of rotatable bonds is 6. The average molecular weight is 463 g/mol. The summed E-state index contributed by atoms with van der Waals surface area (Å²) in [5, 5.41) is 18.8. The molecule has 0 aromatic rings. The van der Waals surface area contributed by atoms with Crippen molar-refractivity contribution in [2.75, 3.05) is 0 Å². The molecule has 0 heterocycles. The third-order valence-electron chi connectivity index (χ3n) is 8.31. The zero-order valence-corrected chi connectivity index (χ0v) is 19.4. The Bertz CT molecular complexity index is 850. The number of hydrogen-bond acceptors (Lipinski definition) is 8. The molecule has 2 aliphatic rings. The molecule has 2 fully saturated rings. The van der Waals surface area contributed by atoms with E-state index in [0.29, 0.717) is 0 Å². The lowest BCUT2D eigenvalue weighted by atomic mass is 9.66. The van der Waals surface area contributed by atoms with Gasteiger partial charge in [0.1, 0.15) is 0 Å². The van der Waals surface area contributed by atoms with Crippen LogP contribution in [0.3, 0.4) is 0 Å². The third kappa shape index (κ3) is 3.81. The minimum Gasteiger partial charge on any atom is -0.481 e. The van der Waals surface area contributed by atoms with Crippen molar-refractivity contribution >= 4 is 34.3 Å². The largest absolute Gasteiger partial charge is 0.506 e. The van der Waals surface area contributed by atoms with Crippen LogP contribution in [0.15, 0.2) is 0 Å². The lowest BCUT2D eigenvalue weighted by Gasteiger charge is -2.38. The van der Waals surface area contributed by atoms with Crippen LogP contribution in [0, 0.1) is 33.5 Å². The molecule has 2 rings (SSSR count). The second-order valence-corrected chi connectivity index (χ2v) is 11.3. The van der Waals surface area contributed by atoms with Gasteiger partial charge in [-0.1, -0.05) is 27.7 Å². The lowest BCUT2D eigenvalue weighted by Crippen LogP contribution is -2.46. The summed E-state index contributed by atoms with van der Waals surface area (Å²) in [6.45, 7) is 9.04. The van der Waals surface area contributed by atoms with Crippen molar-refractivity contribution in [1.29, 1.82) is 0 Å². The molecule has 4 atom stereocenters. The van der Waals surface area contributed by atoms with Crippen molar-refractivity contribution in [2.24, 2.45) is 33.5 Å². The van der Waals surface area contributed by atoms with E-state index in [1.165, 1.54) is 13.8 Å². The molecule has 2 saturated carbocycles. The molecular formula is C20H30O10S. The van der Waals surface area contributed by atoms with Gasteiger partial charge in [0, 0.05) is 0 Å². The van der Waals surface area contributed by atoms with E-state index in [2.05, 4.69) is 8.37 Å². The predicted octanol–water partition coefficient (Wildman–Crippen LogP) is 2.37. The van der Waals surface area contributed by atoms with Gasteiger partial charge in [0.2, 0.25) is 0 Å². The fourth-order valence-electron chi connectivity index (χ4n) is 4.98. The number of aliphatic carboxylic acids is 2. The second-order valence-electron chi connectivity index (χ2n) is 10.1. The Morgan fingerprint density at radius 3 is 1.23 bits per heavy atom. The van der Waals surface area contributed by atoms with Gasteiger partial charge < -0.3 is 18.6 Å². The van der Waals surface area contributed by atoms with Crippen molar-refractivity contribution in [3.63, 3.8) is 0 Å². The highest BCUT2D eigenvalue weighted by molar-refractivity contribution is 7.82. The molecule has 0 aliphatic heterocycles. The van der Waals surface area contributed by atoms with Crippen molar-refractivity contribution < 1.29 is 46.2 Å². The van der Waals surface area contributed by atoms with Gasteiger partial charge in [0.15, 0.2) is 0 Å². The van der Waals surface area contributed by atoms with Gasteiger partial charge in [-0.05, 0) is 50.4 Å². The van der Waals surface area contributed by atoms with Gasteiger partial charge >= 0.3 is 34.3 Å². The Hall–Kier alpha value is -2.17. The van der Waals surface area contributed by atoms with Gasteiger partial charge in [0.05, 0.1) is 22.7 Å². The summed E-state index contributed by atoms with van der Waals surface area (Å²) in [6.07, 6.45) is 0.502. The molecule has 0 aromatic heterocycles. The molecule has 0 spiro atoms. The smallest absolute Gasteiger partial charge is 0.481 e. The molecule has 0 saturated heterocycles. The number of carbonyl (C=O) groups is 4. The Morgan fingerprint density at radius 2 is 1.00 bits per heavy atom. The van der Waals surface area contributed by atoms with E-state index in [4.69, 9.17) is 0 Å². The zero-order valence-electron chi connectivity index (χ0n) is 18.6. The highest BCUT2D eigenvalue weighted by atomic mass is 32.3. The van der Waals surface area contributed by atoms with E-state index >= 15 is 0 Å². The number of carboxylic acids is 2. The van der Waals surface area contributed by atoms with E-state index in [-0.39, 0.29) is 25.7 Å². The SMILES string of the molecule is CC1(C)[C@H](C(=O)O)CC[C@]1(C)C(=O)OS(=O)(=O)OC(=O)[C@@]1(C)CC[C@@H](C(=O)O)C1(C)C. The first-order valence-electron chi connectivity index (χ1n) is 10.0. The molecule has 0 bridgehead atoms. The molecule has 0 radical (unpaired) electrons. The normalized spacial score (nSPS) is 34.1. The van der Waals surface area contributed by atoms with Crippen LogP contribution in [0.1, 0.15) is 67.2 Å². The van der Waals surface area contributed by atoms with Gasteiger partial charge in [-0.2, -0.15) is 0 Å². The minimum atomic E-state index is -5.10. The van der Waals surface area contributed by atoms with Crippen LogP contribution in [0.2, 0.25) is 0 Å². The fourth-order valence-corrected chi connectivity index (χ4v) is 5.75. The molecular weight excluding hydrogens is 432 g/mol. The van der Waals surface area contributed by atoms with Gasteiger partial charge in [-0.25, -0.2) is 0 Å². The highest BCUT2D eigenvalue weighted by Gasteiger charge is 2.62. The van der Waals surface area contributed by atoms with Gasteiger partial charge in [-0.3, -0.25) is 19.2 Å². The minimum absolute atomic E-state index is 0.0876. The molecule has 0 amide bonds. The summed E-state index contributed by atoms with van der Waals surface area (Å²) in [4.78, 5) is 48.5. The monoisotopic (exact) mass is 462 g/mol. The van der Waals surface area contributed by atoms with Crippen LogP contribution in [-0.4, -0.2) is 42.5 Å². The lowest BCUT2D eigenvalue weighted by molar-refractivity contribution is -0.157. The number of carbonyl (C=O) groups excluding carboxylic acids is 2. The van der Waals surface area contributed by atoms with Crippen LogP contribution in [0.5, 0.6) is 0 Å². The van der Waals surface area contributed by atoms with Crippen molar-refractivity contribution in [3.05, 3.63) is 0 Å². The Morgan fingerprint density at radius 1 is 0.710 bits per heavy atom. The molecule has 176 valence electrons. The van der Waals surface area contributed by atoms with Crippen LogP contribution in [0.25, 0.3) is 0 Å². The van der Waals surface area contributed by atoms with Crippen LogP contribution < -0.4 is 0 Å². The van der Waals surface area contributed by atoms with Gasteiger partial charge in [-0.15, -0.1) is 8.42 Å².